The van der Waals surface area contributed by atoms with Crippen molar-refractivity contribution in [1.82, 2.24) is 19.1 Å². The number of hydrogen-bond donors (Lipinski definition) is 0. The fourth-order valence-electron chi connectivity index (χ4n) is 8.16. The van der Waals surface area contributed by atoms with E-state index in [1.807, 2.05) is 12.1 Å². The van der Waals surface area contributed by atoms with Crippen LogP contribution in [-0.2, 0) is 0 Å². The van der Waals surface area contributed by atoms with Crippen molar-refractivity contribution in [3.63, 3.8) is 0 Å². The maximum atomic E-state index is 5.33. The zero-order valence-electron chi connectivity index (χ0n) is 28.1. The second kappa shape index (κ2) is 11.2. The molecule has 0 aliphatic carbocycles. The standard InChI is InChI=1S/C48H30N4/c1-4-15-32(16-5-1)47-48(33-17-6-2-7-18-33)50-41-28-35(25-26-40(41)49-47)52-42-23-13-12-22-37(42)38-29-39-45(30-44(38)52)51(34-19-8-3-9-20-34)43-27-24-31-14-10-11-21-36(31)46(39)43/h1-30H. The first-order valence-corrected chi connectivity index (χ1v) is 17.7. The van der Waals surface area contributed by atoms with Crippen molar-refractivity contribution in [3.8, 4) is 33.9 Å². The van der Waals surface area contributed by atoms with Crippen LogP contribution >= 0.6 is 0 Å². The first-order valence-electron chi connectivity index (χ1n) is 17.7. The molecule has 0 saturated carbocycles. The van der Waals surface area contributed by atoms with E-state index < -0.39 is 0 Å². The molecule has 4 heteroatoms. The second-order valence-corrected chi connectivity index (χ2v) is 13.4. The molecule has 52 heavy (non-hydrogen) atoms. The Hall–Kier alpha value is -7.04. The van der Waals surface area contributed by atoms with E-state index in [2.05, 4.69) is 179 Å². The summed E-state index contributed by atoms with van der Waals surface area (Å²) in [5, 5.41) is 7.47. The van der Waals surface area contributed by atoms with Gasteiger partial charge in [-0.2, -0.15) is 0 Å². The van der Waals surface area contributed by atoms with Gasteiger partial charge >= 0.3 is 0 Å². The lowest BCUT2D eigenvalue weighted by atomic mass is 10.0. The highest BCUT2D eigenvalue weighted by Gasteiger charge is 2.20. The SMILES string of the molecule is c1ccc(-c2nc3ccc(-n4c5ccccc5c5cc6c7c8ccccc8ccc7n(-c7ccccc7)c6cc54)cc3nc2-c2ccccc2)cc1. The summed E-state index contributed by atoms with van der Waals surface area (Å²) >= 11 is 0. The zero-order chi connectivity index (χ0) is 34.2. The molecular formula is C48H30N4. The normalized spacial score (nSPS) is 11.8. The molecule has 0 atom stereocenters. The van der Waals surface area contributed by atoms with E-state index in [-0.39, 0.29) is 0 Å². The summed E-state index contributed by atoms with van der Waals surface area (Å²) < 4.78 is 4.81. The number of benzene rings is 8. The fourth-order valence-corrected chi connectivity index (χ4v) is 8.16. The monoisotopic (exact) mass is 662 g/mol. The summed E-state index contributed by atoms with van der Waals surface area (Å²) in [5.74, 6) is 0. The molecule has 0 fully saturated rings. The van der Waals surface area contributed by atoms with Gasteiger partial charge in [-0.05, 0) is 65.4 Å². The van der Waals surface area contributed by atoms with Crippen molar-refractivity contribution in [2.45, 2.75) is 0 Å². The van der Waals surface area contributed by atoms with Gasteiger partial charge in [-0.15, -0.1) is 0 Å². The summed E-state index contributed by atoms with van der Waals surface area (Å²) in [6, 6.07) is 64.7. The summed E-state index contributed by atoms with van der Waals surface area (Å²) in [7, 11) is 0. The molecule has 0 saturated heterocycles. The minimum Gasteiger partial charge on any atom is -0.309 e. The van der Waals surface area contributed by atoms with Crippen molar-refractivity contribution in [3.05, 3.63) is 182 Å². The van der Waals surface area contributed by atoms with Crippen LogP contribution in [0.5, 0.6) is 0 Å². The van der Waals surface area contributed by atoms with Crippen molar-refractivity contribution in [2.75, 3.05) is 0 Å². The molecule has 0 radical (unpaired) electrons. The van der Waals surface area contributed by atoms with Gasteiger partial charge in [-0.25, -0.2) is 9.97 Å². The van der Waals surface area contributed by atoms with Gasteiger partial charge in [0.15, 0.2) is 0 Å². The number of hydrogen-bond acceptors (Lipinski definition) is 2. The van der Waals surface area contributed by atoms with Crippen molar-refractivity contribution >= 4 is 65.4 Å². The van der Waals surface area contributed by atoms with E-state index in [1.165, 1.54) is 43.4 Å². The van der Waals surface area contributed by atoms with Crippen LogP contribution in [0.25, 0.3) is 99.3 Å². The molecule has 0 bridgehead atoms. The van der Waals surface area contributed by atoms with Gasteiger partial charge in [0.25, 0.3) is 0 Å². The molecule has 11 aromatic rings. The first kappa shape index (κ1) is 28.8. The molecule has 242 valence electrons. The number of para-hydroxylation sites is 2. The fraction of sp³-hybridized carbons (Fsp3) is 0. The zero-order valence-corrected chi connectivity index (χ0v) is 28.1. The summed E-state index contributed by atoms with van der Waals surface area (Å²) in [4.78, 5) is 10.6. The Morgan fingerprint density at radius 2 is 0.923 bits per heavy atom. The van der Waals surface area contributed by atoms with E-state index in [0.29, 0.717) is 0 Å². The maximum absolute atomic E-state index is 5.33. The Bertz CT molecular complexity index is 3160. The van der Waals surface area contributed by atoms with Crippen LogP contribution in [0.4, 0.5) is 0 Å². The van der Waals surface area contributed by atoms with Gasteiger partial charge in [0.1, 0.15) is 0 Å². The van der Waals surface area contributed by atoms with E-state index in [4.69, 9.17) is 9.97 Å². The van der Waals surface area contributed by atoms with Crippen molar-refractivity contribution in [1.29, 1.82) is 0 Å². The molecular weight excluding hydrogens is 633 g/mol. The minimum absolute atomic E-state index is 0.855. The number of nitrogens with zero attached hydrogens (tertiary/aromatic N) is 4. The van der Waals surface area contributed by atoms with E-state index in [0.717, 1.165) is 56.0 Å². The van der Waals surface area contributed by atoms with Gasteiger partial charge in [0.2, 0.25) is 0 Å². The molecule has 0 N–H and O–H groups in total. The van der Waals surface area contributed by atoms with Gasteiger partial charge in [0, 0.05) is 44.0 Å². The molecule has 0 unspecified atom stereocenters. The number of rotatable bonds is 4. The molecule has 3 heterocycles. The van der Waals surface area contributed by atoms with Gasteiger partial charge in [0.05, 0.1) is 44.5 Å². The number of aromatic nitrogens is 4. The number of fused-ring (bicyclic) bond motifs is 9. The Morgan fingerprint density at radius 3 is 1.67 bits per heavy atom. The maximum Gasteiger partial charge on any atom is 0.0973 e. The van der Waals surface area contributed by atoms with Crippen LogP contribution in [0.15, 0.2) is 182 Å². The van der Waals surface area contributed by atoms with Crippen LogP contribution in [0.2, 0.25) is 0 Å². The summed E-state index contributed by atoms with van der Waals surface area (Å²) in [5.41, 5.74) is 12.4. The van der Waals surface area contributed by atoms with Crippen molar-refractivity contribution < 1.29 is 0 Å². The second-order valence-electron chi connectivity index (χ2n) is 13.4. The van der Waals surface area contributed by atoms with Crippen molar-refractivity contribution in [2.24, 2.45) is 0 Å². The average molecular weight is 663 g/mol. The molecule has 0 aliphatic heterocycles. The van der Waals surface area contributed by atoms with Crippen LogP contribution in [0, 0.1) is 0 Å². The van der Waals surface area contributed by atoms with Gasteiger partial charge < -0.3 is 9.13 Å². The molecule has 0 amide bonds. The average Bonchev–Trinajstić information content (AvgIpc) is 3.72. The molecule has 8 aromatic carbocycles. The Labute approximate surface area is 299 Å². The molecule has 4 nitrogen and oxygen atoms in total. The predicted octanol–water partition coefficient (Wildman–Crippen LogP) is 12.3. The first-order chi connectivity index (χ1) is 25.8. The molecule has 0 aliphatic rings. The summed E-state index contributed by atoms with van der Waals surface area (Å²) in [6.07, 6.45) is 0. The van der Waals surface area contributed by atoms with E-state index in [1.54, 1.807) is 0 Å². The minimum atomic E-state index is 0.855. The van der Waals surface area contributed by atoms with Gasteiger partial charge in [-0.3, -0.25) is 0 Å². The Kier molecular flexibility index (Phi) is 6.22. The third kappa shape index (κ3) is 4.28. The van der Waals surface area contributed by atoms with Crippen LogP contribution < -0.4 is 0 Å². The van der Waals surface area contributed by atoms with Crippen LogP contribution in [0.3, 0.4) is 0 Å². The van der Waals surface area contributed by atoms with Crippen LogP contribution in [-0.4, -0.2) is 19.1 Å². The lowest BCUT2D eigenvalue weighted by Gasteiger charge is -2.13. The predicted molar refractivity (Wildman–Crippen MR) is 217 cm³/mol. The highest BCUT2D eigenvalue weighted by atomic mass is 15.0. The van der Waals surface area contributed by atoms with Gasteiger partial charge in [-0.1, -0.05) is 127 Å². The quantitative estimate of drug-likeness (QED) is 0.188. The Balaban J connectivity index is 1.22. The summed E-state index contributed by atoms with van der Waals surface area (Å²) in [6.45, 7) is 0. The third-order valence-corrected chi connectivity index (χ3v) is 10.5. The molecule has 3 aromatic heterocycles. The highest BCUT2D eigenvalue weighted by Crippen LogP contribution is 2.42. The largest absolute Gasteiger partial charge is 0.309 e. The lowest BCUT2D eigenvalue weighted by Crippen LogP contribution is -1.99. The molecule has 11 rings (SSSR count). The third-order valence-electron chi connectivity index (χ3n) is 10.5. The molecule has 0 spiro atoms. The Morgan fingerprint density at radius 1 is 0.327 bits per heavy atom. The van der Waals surface area contributed by atoms with E-state index in [9.17, 15) is 0 Å². The highest BCUT2D eigenvalue weighted by molar-refractivity contribution is 6.25. The smallest absolute Gasteiger partial charge is 0.0973 e. The topological polar surface area (TPSA) is 35.6 Å². The van der Waals surface area contributed by atoms with Crippen LogP contribution in [0.1, 0.15) is 0 Å². The van der Waals surface area contributed by atoms with E-state index >= 15 is 0 Å². The lowest BCUT2D eigenvalue weighted by molar-refractivity contribution is 1.16.